The van der Waals surface area contributed by atoms with Crippen molar-refractivity contribution in [3.63, 3.8) is 0 Å². The van der Waals surface area contributed by atoms with Crippen LogP contribution in [-0.2, 0) is 6.54 Å². The summed E-state index contributed by atoms with van der Waals surface area (Å²) in [4.78, 5) is 17.8. The summed E-state index contributed by atoms with van der Waals surface area (Å²) in [6, 6.07) is 23.6. The van der Waals surface area contributed by atoms with Gasteiger partial charge in [0.2, 0.25) is 0 Å². The van der Waals surface area contributed by atoms with Crippen LogP contribution in [0.15, 0.2) is 90.0 Å². The number of rotatable bonds is 3. The molecule has 0 fully saturated rings. The van der Waals surface area contributed by atoms with Crippen molar-refractivity contribution in [3.05, 3.63) is 101 Å². The van der Waals surface area contributed by atoms with Gasteiger partial charge in [0.15, 0.2) is 0 Å². The highest BCUT2D eigenvalue weighted by molar-refractivity contribution is 6.02. The highest BCUT2D eigenvalue weighted by Crippen LogP contribution is 2.24. The van der Waals surface area contributed by atoms with E-state index in [2.05, 4.69) is 22.2 Å². The van der Waals surface area contributed by atoms with Crippen molar-refractivity contribution < 1.29 is 0 Å². The Kier molecular flexibility index (Phi) is 3.57. The zero-order chi connectivity index (χ0) is 18.2. The molecule has 27 heavy (non-hydrogen) atoms. The Morgan fingerprint density at radius 3 is 2.33 bits per heavy atom. The van der Waals surface area contributed by atoms with Crippen LogP contribution in [0, 0.1) is 0 Å². The van der Waals surface area contributed by atoms with Gasteiger partial charge in [0.05, 0.1) is 29.3 Å². The molecule has 0 radical (unpaired) electrons. The Morgan fingerprint density at radius 1 is 0.815 bits per heavy atom. The van der Waals surface area contributed by atoms with Gasteiger partial charge in [0.25, 0.3) is 5.56 Å². The summed E-state index contributed by atoms with van der Waals surface area (Å²) in [5.41, 5.74) is 3.27. The summed E-state index contributed by atoms with van der Waals surface area (Å²) in [6.45, 7) is 0.600. The second-order valence-corrected chi connectivity index (χ2v) is 6.40. The molecule has 2 aromatic carbocycles. The van der Waals surface area contributed by atoms with Crippen molar-refractivity contribution in [2.75, 3.05) is 0 Å². The molecule has 0 saturated carbocycles. The number of para-hydroxylation sites is 1. The van der Waals surface area contributed by atoms with Crippen molar-refractivity contribution in [1.82, 2.24) is 19.3 Å². The lowest BCUT2D eigenvalue weighted by Gasteiger charge is -2.12. The fraction of sp³-hybridized carbons (Fsp3) is 0.0455. The minimum absolute atomic E-state index is 0.110. The van der Waals surface area contributed by atoms with Crippen LogP contribution >= 0.6 is 0 Å². The van der Waals surface area contributed by atoms with E-state index >= 15 is 0 Å². The molecule has 3 aromatic heterocycles. The van der Waals surface area contributed by atoms with E-state index < -0.39 is 0 Å². The Labute approximate surface area is 155 Å². The number of aromatic nitrogens is 4. The number of hydrogen-bond acceptors (Lipinski definition) is 3. The smallest absolute Gasteiger partial charge is 0.267 e. The Hall–Kier alpha value is -3.73. The molecule has 5 nitrogen and oxygen atoms in total. The van der Waals surface area contributed by atoms with Gasteiger partial charge in [-0.05, 0) is 29.8 Å². The van der Waals surface area contributed by atoms with E-state index in [1.807, 2.05) is 65.3 Å². The maximum atomic E-state index is 13.3. The molecule has 0 bridgehead atoms. The molecule has 5 rings (SSSR count). The number of nitrogens with zero attached hydrogens (tertiary/aromatic N) is 4. The van der Waals surface area contributed by atoms with Crippen LogP contribution in [-0.4, -0.2) is 19.3 Å². The first-order valence-corrected chi connectivity index (χ1v) is 8.77. The van der Waals surface area contributed by atoms with Crippen LogP contribution < -0.4 is 5.56 Å². The monoisotopic (exact) mass is 352 g/mol. The van der Waals surface area contributed by atoms with Gasteiger partial charge in [0.1, 0.15) is 5.65 Å². The quantitative estimate of drug-likeness (QED) is 0.496. The molecule has 5 heteroatoms. The molecule has 0 atom stereocenters. The average Bonchev–Trinajstić information content (AvgIpc) is 3.14. The van der Waals surface area contributed by atoms with Crippen molar-refractivity contribution >= 4 is 21.9 Å². The molecule has 130 valence electrons. The van der Waals surface area contributed by atoms with E-state index in [-0.39, 0.29) is 5.56 Å². The van der Waals surface area contributed by atoms with Gasteiger partial charge in [-0.3, -0.25) is 14.0 Å². The fourth-order valence-electron chi connectivity index (χ4n) is 3.50. The number of hydrogen-bond donors (Lipinski definition) is 0. The summed E-state index contributed by atoms with van der Waals surface area (Å²) in [5.74, 6) is 0. The topological polar surface area (TPSA) is 52.7 Å². The highest BCUT2D eigenvalue weighted by atomic mass is 16.1. The molecule has 0 unspecified atom stereocenters. The third-order valence-electron chi connectivity index (χ3n) is 4.72. The summed E-state index contributed by atoms with van der Waals surface area (Å²) in [5, 5.41) is 6.01. The van der Waals surface area contributed by atoms with Crippen LogP contribution in [0.5, 0.6) is 0 Å². The second kappa shape index (κ2) is 6.21. The Bertz CT molecular complexity index is 1300. The zero-order valence-corrected chi connectivity index (χ0v) is 14.5. The largest absolute Gasteiger partial charge is 0.268 e. The minimum atomic E-state index is -0.110. The van der Waals surface area contributed by atoms with Crippen LogP contribution in [0.2, 0.25) is 0 Å². The lowest BCUT2D eigenvalue weighted by atomic mass is 10.2. The summed E-state index contributed by atoms with van der Waals surface area (Å²) < 4.78 is 3.54. The molecule has 0 aliphatic rings. The lowest BCUT2D eigenvalue weighted by molar-refractivity contribution is 0.714. The predicted octanol–water partition coefficient (Wildman–Crippen LogP) is 3.78. The number of fused-ring (bicyclic) bond motifs is 3. The van der Waals surface area contributed by atoms with Crippen LogP contribution in [0.1, 0.15) is 5.56 Å². The fourth-order valence-corrected chi connectivity index (χ4v) is 3.50. The molecule has 0 spiro atoms. The third kappa shape index (κ3) is 2.52. The Morgan fingerprint density at radius 2 is 1.56 bits per heavy atom. The van der Waals surface area contributed by atoms with Gasteiger partial charge in [-0.25, -0.2) is 4.98 Å². The Balaban J connectivity index is 1.83. The second-order valence-electron chi connectivity index (χ2n) is 6.40. The standard InChI is InChI=1S/C22H16N4O/c27-22-19-14-24-25(15-16-8-3-1-4-9-16)20(19)18-12-7-13-23-21(18)26(22)17-10-5-2-6-11-17/h1-14H,15H2. The van der Waals surface area contributed by atoms with Crippen molar-refractivity contribution in [2.45, 2.75) is 6.54 Å². The zero-order valence-electron chi connectivity index (χ0n) is 14.5. The average molecular weight is 352 g/mol. The first-order chi connectivity index (χ1) is 13.3. The first kappa shape index (κ1) is 15.5. The number of pyridine rings is 2. The van der Waals surface area contributed by atoms with Gasteiger partial charge in [0, 0.05) is 11.6 Å². The van der Waals surface area contributed by atoms with E-state index in [0.29, 0.717) is 17.6 Å². The SMILES string of the molecule is O=c1c2cnn(Cc3ccccc3)c2c2cccnc2n1-c1ccccc1. The van der Waals surface area contributed by atoms with E-state index in [1.54, 1.807) is 17.0 Å². The van der Waals surface area contributed by atoms with Gasteiger partial charge in [-0.15, -0.1) is 0 Å². The van der Waals surface area contributed by atoms with E-state index in [0.717, 1.165) is 22.2 Å². The molecule has 0 saturated heterocycles. The van der Waals surface area contributed by atoms with Crippen LogP contribution in [0.3, 0.4) is 0 Å². The van der Waals surface area contributed by atoms with E-state index in [4.69, 9.17) is 0 Å². The highest BCUT2D eigenvalue weighted by Gasteiger charge is 2.17. The molecule has 0 amide bonds. The van der Waals surface area contributed by atoms with Crippen LogP contribution in [0.4, 0.5) is 0 Å². The third-order valence-corrected chi connectivity index (χ3v) is 4.72. The maximum Gasteiger partial charge on any atom is 0.267 e. The minimum Gasteiger partial charge on any atom is -0.268 e. The number of benzene rings is 2. The molecule has 0 aliphatic carbocycles. The molecule has 5 aromatic rings. The first-order valence-electron chi connectivity index (χ1n) is 8.77. The lowest BCUT2D eigenvalue weighted by Crippen LogP contribution is -2.20. The van der Waals surface area contributed by atoms with Crippen molar-refractivity contribution in [1.29, 1.82) is 0 Å². The molecule has 3 heterocycles. The molecule has 0 N–H and O–H groups in total. The van der Waals surface area contributed by atoms with Gasteiger partial charge >= 0.3 is 0 Å². The van der Waals surface area contributed by atoms with Crippen molar-refractivity contribution in [2.24, 2.45) is 0 Å². The molecule has 0 aliphatic heterocycles. The normalized spacial score (nSPS) is 11.3. The summed E-state index contributed by atoms with van der Waals surface area (Å²) in [6.07, 6.45) is 3.37. The van der Waals surface area contributed by atoms with E-state index in [9.17, 15) is 4.79 Å². The molecular weight excluding hydrogens is 336 g/mol. The van der Waals surface area contributed by atoms with Crippen LogP contribution in [0.25, 0.3) is 27.6 Å². The van der Waals surface area contributed by atoms with Gasteiger partial charge < -0.3 is 0 Å². The summed E-state index contributed by atoms with van der Waals surface area (Å²) >= 11 is 0. The van der Waals surface area contributed by atoms with E-state index in [1.165, 1.54) is 0 Å². The predicted molar refractivity (Wildman–Crippen MR) is 106 cm³/mol. The van der Waals surface area contributed by atoms with Gasteiger partial charge in [-0.2, -0.15) is 5.10 Å². The van der Waals surface area contributed by atoms with Gasteiger partial charge in [-0.1, -0.05) is 48.5 Å². The molecular formula is C22H16N4O. The maximum absolute atomic E-state index is 13.3. The summed E-state index contributed by atoms with van der Waals surface area (Å²) in [7, 11) is 0. The van der Waals surface area contributed by atoms with Crippen molar-refractivity contribution in [3.8, 4) is 5.69 Å².